The Balaban J connectivity index is 1.80. The van der Waals surface area contributed by atoms with Gasteiger partial charge >= 0.3 is 0 Å². The molecule has 0 aromatic rings. The van der Waals surface area contributed by atoms with Gasteiger partial charge in [-0.1, -0.05) is 24.3 Å². The molecule has 0 aliphatic heterocycles. The second-order valence-corrected chi connectivity index (χ2v) is 5.93. The van der Waals surface area contributed by atoms with E-state index in [1.807, 2.05) is 0 Å². The molecule has 4 aliphatic rings. The molecular weight excluding hydrogens is 200 g/mol. The molecule has 4 aliphatic carbocycles. The topological polar surface area (TPSA) is 40.5 Å². The van der Waals surface area contributed by atoms with Gasteiger partial charge in [0.25, 0.3) is 0 Å². The van der Waals surface area contributed by atoms with E-state index in [1.54, 1.807) is 0 Å². The molecule has 2 saturated carbocycles. The van der Waals surface area contributed by atoms with Crippen molar-refractivity contribution in [2.24, 2.45) is 47.3 Å². The Morgan fingerprint density at radius 1 is 0.625 bits per heavy atom. The molecule has 4 unspecified atom stereocenters. The van der Waals surface area contributed by atoms with Crippen LogP contribution in [-0.4, -0.2) is 23.4 Å². The predicted molar refractivity (Wildman–Crippen MR) is 60.4 cm³/mol. The average Bonchev–Trinajstić information content (AvgIpc) is 2.95. The average molecular weight is 218 g/mol. The van der Waals surface area contributed by atoms with Gasteiger partial charge in [0.05, 0.1) is 0 Å². The van der Waals surface area contributed by atoms with Crippen LogP contribution in [0, 0.1) is 47.3 Å². The molecule has 2 nitrogen and oxygen atoms in total. The summed E-state index contributed by atoms with van der Waals surface area (Å²) in [7, 11) is 0. The highest BCUT2D eigenvalue weighted by atomic mass is 16.3. The lowest BCUT2D eigenvalue weighted by Crippen LogP contribution is -2.22. The third-order valence-corrected chi connectivity index (χ3v) is 5.73. The van der Waals surface area contributed by atoms with Gasteiger partial charge in [-0.15, -0.1) is 0 Å². The third-order valence-electron chi connectivity index (χ3n) is 5.73. The second kappa shape index (κ2) is 2.99. The van der Waals surface area contributed by atoms with Crippen LogP contribution in [0.3, 0.4) is 0 Å². The molecule has 16 heavy (non-hydrogen) atoms. The maximum absolute atomic E-state index is 9.57. The quantitative estimate of drug-likeness (QED) is 0.681. The highest BCUT2D eigenvalue weighted by Crippen LogP contribution is 2.66. The van der Waals surface area contributed by atoms with Gasteiger partial charge in [0, 0.05) is 13.2 Å². The summed E-state index contributed by atoms with van der Waals surface area (Å²) in [6.07, 6.45) is 9.28. The standard InChI is InChI=1S/C14H18O2/c15-5-11-7-1-2-8-12(6-16)10-4-3-9(11)14(10)13(7)8/h1-4,7-16H,5-6H2. The Labute approximate surface area is 95.7 Å². The molecule has 4 atom stereocenters. The zero-order valence-corrected chi connectivity index (χ0v) is 9.24. The fraction of sp³-hybridized carbons (Fsp3) is 0.714. The van der Waals surface area contributed by atoms with Crippen LogP contribution in [0.4, 0.5) is 0 Å². The van der Waals surface area contributed by atoms with E-state index in [2.05, 4.69) is 24.3 Å². The van der Waals surface area contributed by atoms with Crippen molar-refractivity contribution in [1.29, 1.82) is 0 Å². The fourth-order valence-electron chi connectivity index (χ4n) is 5.28. The normalized spacial score (nSPS) is 59.9. The number of hydrogen-bond donors (Lipinski definition) is 2. The number of hydrogen-bond acceptors (Lipinski definition) is 2. The summed E-state index contributed by atoms with van der Waals surface area (Å²) in [5.74, 6) is 4.61. The van der Waals surface area contributed by atoms with Crippen molar-refractivity contribution in [3.63, 3.8) is 0 Å². The lowest BCUT2D eigenvalue weighted by molar-refractivity contribution is 0.149. The zero-order chi connectivity index (χ0) is 10.9. The molecule has 0 amide bonds. The highest BCUT2D eigenvalue weighted by molar-refractivity contribution is 5.29. The summed E-state index contributed by atoms with van der Waals surface area (Å²) in [6, 6.07) is 0. The number of allylic oxidation sites excluding steroid dienone is 4. The van der Waals surface area contributed by atoms with Gasteiger partial charge in [0.1, 0.15) is 0 Å². The molecule has 2 heteroatoms. The first-order valence-electron chi connectivity index (χ1n) is 6.45. The van der Waals surface area contributed by atoms with Crippen molar-refractivity contribution < 1.29 is 10.2 Å². The van der Waals surface area contributed by atoms with Gasteiger partial charge in [-0.2, -0.15) is 0 Å². The van der Waals surface area contributed by atoms with Gasteiger partial charge in [0.2, 0.25) is 0 Å². The van der Waals surface area contributed by atoms with E-state index >= 15 is 0 Å². The molecule has 0 radical (unpaired) electrons. The molecule has 2 N–H and O–H groups in total. The minimum Gasteiger partial charge on any atom is -0.396 e. The van der Waals surface area contributed by atoms with E-state index in [1.165, 1.54) is 0 Å². The Kier molecular flexibility index (Phi) is 1.76. The summed E-state index contributed by atoms with van der Waals surface area (Å²) in [5, 5.41) is 19.1. The van der Waals surface area contributed by atoms with Crippen LogP contribution >= 0.6 is 0 Å². The van der Waals surface area contributed by atoms with E-state index in [9.17, 15) is 10.2 Å². The largest absolute Gasteiger partial charge is 0.396 e. The van der Waals surface area contributed by atoms with Gasteiger partial charge in [-0.05, 0) is 47.3 Å². The van der Waals surface area contributed by atoms with Crippen molar-refractivity contribution in [3.05, 3.63) is 24.3 Å². The first kappa shape index (κ1) is 9.43. The second-order valence-electron chi connectivity index (χ2n) is 5.93. The number of aliphatic hydroxyl groups excluding tert-OH is 2. The molecule has 0 saturated heterocycles. The Morgan fingerprint density at radius 3 is 1.19 bits per heavy atom. The number of rotatable bonds is 2. The van der Waals surface area contributed by atoms with Crippen LogP contribution in [0.25, 0.3) is 0 Å². The predicted octanol–water partition coefficient (Wildman–Crippen LogP) is 1.07. The summed E-state index contributed by atoms with van der Waals surface area (Å²) in [4.78, 5) is 0. The maximum Gasteiger partial charge on any atom is 0.0470 e. The van der Waals surface area contributed by atoms with Crippen molar-refractivity contribution in [1.82, 2.24) is 0 Å². The molecule has 0 spiro atoms. The minimum absolute atomic E-state index is 0.320. The van der Waals surface area contributed by atoms with Gasteiger partial charge in [-0.3, -0.25) is 0 Å². The van der Waals surface area contributed by atoms with Crippen LogP contribution in [0.2, 0.25) is 0 Å². The van der Waals surface area contributed by atoms with E-state index < -0.39 is 0 Å². The Morgan fingerprint density at radius 2 is 0.938 bits per heavy atom. The Bertz CT molecular complexity index is 309. The molecule has 0 aromatic heterocycles. The summed E-state index contributed by atoms with van der Waals surface area (Å²) < 4.78 is 0. The van der Waals surface area contributed by atoms with E-state index in [0.717, 1.165) is 0 Å². The number of aliphatic hydroxyl groups is 2. The lowest BCUT2D eigenvalue weighted by Gasteiger charge is -2.22. The first-order valence-corrected chi connectivity index (χ1v) is 6.45. The highest BCUT2D eigenvalue weighted by Gasteiger charge is 2.63. The molecule has 0 bridgehead atoms. The molecule has 0 heterocycles. The van der Waals surface area contributed by atoms with Crippen molar-refractivity contribution in [2.45, 2.75) is 0 Å². The van der Waals surface area contributed by atoms with E-state index in [-0.39, 0.29) is 0 Å². The molecule has 0 aromatic carbocycles. The fourth-order valence-corrected chi connectivity index (χ4v) is 5.28. The van der Waals surface area contributed by atoms with Gasteiger partial charge < -0.3 is 10.2 Å². The van der Waals surface area contributed by atoms with Crippen LogP contribution in [0.5, 0.6) is 0 Å². The van der Waals surface area contributed by atoms with Crippen molar-refractivity contribution in [3.8, 4) is 0 Å². The SMILES string of the molecule is OCC1C2C=CC3C(CO)C4C=CC1C4C23. The summed E-state index contributed by atoms with van der Waals surface area (Å²) in [5.41, 5.74) is 0. The molecular formula is C14H18O2. The van der Waals surface area contributed by atoms with Crippen molar-refractivity contribution >= 4 is 0 Å². The third kappa shape index (κ3) is 0.844. The molecule has 86 valence electrons. The van der Waals surface area contributed by atoms with Crippen LogP contribution in [0.15, 0.2) is 24.3 Å². The van der Waals surface area contributed by atoms with Crippen LogP contribution < -0.4 is 0 Å². The van der Waals surface area contributed by atoms with E-state index in [4.69, 9.17) is 0 Å². The minimum atomic E-state index is 0.320. The zero-order valence-electron chi connectivity index (χ0n) is 9.24. The first-order chi connectivity index (χ1) is 7.86. The van der Waals surface area contributed by atoms with Gasteiger partial charge in [-0.25, -0.2) is 0 Å². The van der Waals surface area contributed by atoms with E-state index in [0.29, 0.717) is 60.6 Å². The Hall–Kier alpha value is -0.600. The summed E-state index contributed by atoms with van der Waals surface area (Å²) in [6.45, 7) is 0.639. The van der Waals surface area contributed by atoms with Crippen molar-refractivity contribution in [2.75, 3.05) is 13.2 Å². The van der Waals surface area contributed by atoms with Gasteiger partial charge in [0.15, 0.2) is 0 Å². The molecule has 2 fully saturated rings. The van der Waals surface area contributed by atoms with Crippen LogP contribution in [0.1, 0.15) is 0 Å². The lowest BCUT2D eigenvalue weighted by atomic mass is 9.84. The maximum atomic E-state index is 9.57. The smallest absolute Gasteiger partial charge is 0.0470 e. The monoisotopic (exact) mass is 218 g/mol. The molecule has 4 rings (SSSR count). The summed E-state index contributed by atoms with van der Waals surface area (Å²) >= 11 is 0. The van der Waals surface area contributed by atoms with Crippen LogP contribution in [-0.2, 0) is 0 Å².